The molecular formula is C19H23N3O4S. The number of pyridine rings is 1. The van der Waals surface area contributed by atoms with E-state index in [1.807, 2.05) is 12.1 Å². The molecule has 7 nitrogen and oxygen atoms in total. The molecule has 0 bridgehead atoms. The summed E-state index contributed by atoms with van der Waals surface area (Å²) in [7, 11) is -0.266. The molecule has 1 aromatic heterocycles. The van der Waals surface area contributed by atoms with Crippen LogP contribution >= 0.6 is 0 Å². The zero-order valence-corrected chi connectivity index (χ0v) is 16.2. The van der Waals surface area contributed by atoms with Crippen molar-refractivity contribution in [1.29, 1.82) is 0 Å². The van der Waals surface area contributed by atoms with E-state index in [-0.39, 0.29) is 11.5 Å². The SMILES string of the molecule is CN(C)S(=O)(=O)N1CCC(c2ccnc(-c3ccc(C(=O)O)cc3)c2)CC1. The van der Waals surface area contributed by atoms with Crippen molar-refractivity contribution in [3.05, 3.63) is 53.7 Å². The number of carbonyl (C=O) groups is 1. The van der Waals surface area contributed by atoms with Crippen LogP contribution in [0, 0.1) is 0 Å². The van der Waals surface area contributed by atoms with Crippen LogP contribution < -0.4 is 0 Å². The summed E-state index contributed by atoms with van der Waals surface area (Å²) in [6, 6.07) is 10.6. The van der Waals surface area contributed by atoms with Gasteiger partial charge in [-0.05, 0) is 48.6 Å². The van der Waals surface area contributed by atoms with E-state index < -0.39 is 16.2 Å². The summed E-state index contributed by atoms with van der Waals surface area (Å²) >= 11 is 0. The van der Waals surface area contributed by atoms with E-state index in [0.29, 0.717) is 13.1 Å². The van der Waals surface area contributed by atoms with E-state index in [1.54, 1.807) is 44.6 Å². The predicted molar refractivity (Wildman–Crippen MR) is 103 cm³/mol. The normalized spacial score (nSPS) is 16.6. The largest absolute Gasteiger partial charge is 0.478 e. The summed E-state index contributed by atoms with van der Waals surface area (Å²) in [4.78, 5) is 15.4. The molecule has 0 aliphatic carbocycles. The number of benzene rings is 1. The number of hydrogen-bond donors (Lipinski definition) is 1. The number of nitrogens with zero attached hydrogens (tertiary/aromatic N) is 3. The van der Waals surface area contributed by atoms with Crippen LogP contribution in [0.15, 0.2) is 42.6 Å². The molecule has 1 saturated heterocycles. The fraction of sp³-hybridized carbons (Fsp3) is 0.368. The lowest BCUT2D eigenvalue weighted by atomic mass is 9.90. The second-order valence-electron chi connectivity index (χ2n) is 6.82. The van der Waals surface area contributed by atoms with E-state index in [9.17, 15) is 13.2 Å². The van der Waals surface area contributed by atoms with Crippen LogP contribution in [-0.2, 0) is 10.2 Å². The Kier molecular flexibility index (Phi) is 5.59. The van der Waals surface area contributed by atoms with Gasteiger partial charge in [-0.1, -0.05) is 12.1 Å². The molecule has 3 rings (SSSR count). The zero-order chi connectivity index (χ0) is 19.6. The molecule has 1 N–H and O–H groups in total. The van der Waals surface area contributed by atoms with Crippen LogP contribution in [0.2, 0.25) is 0 Å². The predicted octanol–water partition coefficient (Wildman–Crippen LogP) is 2.43. The molecule has 8 heteroatoms. The Hall–Kier alpha value is -2.29. The van der Waals surface area contributed by atoms with Crippen LogP contribution in [0.4, 0.5) is 0 Å². The monoisotopic (exact) mass is 389 g/mol. The van der Waals surface area contributed by atoms with Crippen molar-refractivity contribution in [3.8, 4) is 11.3 Å². The molecule has 2 heterocycles. The number of aromatic nitrogens is 1. The molecule has 27 heavy (non-hydrogen) atoms. The zero-order valence-electron chi connectivity index (χ0n) is 15.4. The van der Waals surface area contributed by atoms with E-state index in [4.69, 9.17) is 5.11 Å². The second kappa shape index (κ2) is 7.75. The van der Waals surface area contributed by atoms with Gasteiger partial charge in [0.1, 0.15) is 0 Å². The maximum absolute atomic E-state index is 12.2. The summed E-state index contributed by atoms with van der Waals surface area (Å²) in [6.45, 7) is 0.992. The highest BCUT2D eigenvalue weighted by atomic mass is 32.2. The molecule has 0 saturated carbocycles. The van der Waals surface area contributed by atoms with Gasteiger partial charge in [0.05, 0.1) is 11.3 Å². The number of hydrogen-bond acceptors (Lipinski definition) is 4. The van der Waals surface area contributed by atoms with Gasteiger partial charge in [-0.2, -0.15) is 17.0 Å². The average molecular weight is 389 g/mol. The van der Waals surface area contributed by atoms with Crippen molar-refractivity contribution in [3.63, 3.8) is 0 Å². The molecule has 0 unspecified atom stereocenters. The molecule has 1 fully saturated rings. The summed E-state index contributed by atoms with van der Waals surface area (Å²) in [5.74, 6) is -0.679. The first-order valence-corrected chi connectivity index (χ1v) is 10.2. The first kappa shape index (κ1) is 19.5. The lowest BCUT2D eigenvalue weighted by molar-refractivity contribution is 0.0697. The Morgan fingerprint density at radius 3 is 2.33 bits per heavy atom. The molecule has 1 aliphatic rings. The highest BCUT2D eigenvalue weighted by Crippen LogP contribution is 2.31. The second-order valence-corrected chi connectivity index (χ2v) is 8.96. The lowest BCUT2D eigenvalue weighted by Gasteiger charge is -2.33. The summed E-state index contributed by atoms with van der Waals surface area (Å²) < 4.78 is 27.3. The van der Waals surface area contributed by atoms with Gasteiger partial charge in [-0.3, -0.25) is 4.98 Å². The molecule has 0 atom stereocenters. The fourth-order valence-corrected chi connectivity index (χ4v) is 4.43. The molecule has 1 aliphatic heterocycles. The van der Waals surface area contributed by atoms with Crippen LogP contribution in [0.1, 0.15) is 34.7 Å². The Bertz CT molecular complexity index is 918. The maximum atomic E-state index is 12.2. The minimum atomic E-state index is -3.36. The van der Waals surface area contributed by atoms with Gasteiger partial charge in [0.25, 0.3) is 10.2 Å². The van der Waals surface area contributed by atoms with Crippen LogP contribution in [0.5, 0.6) is 0 Å². The van der Waals surface area contributed by atoms with E-state index >= 15 is 0 Å². The molecule has 2 aromatic rings. The van der Waals surface area contributed by atoms with Crippen LogP contribution in [0.25, 0.3) is 11.3 Å². The Labute approximate surface area is 159 Å². The minimum Gasteiger partial charge on any atom is -0.478 e. The number of carboxylic acids is 1. The summed E-state index contributed by atoms with van der Waals surface area (Å²) in [5.41, 5.74) is 3.01. The average Bonchev–Trinajstić information content (AvgIpc) is 2.68. The van der Waals surface area contributed by atoms with E-state index in [0.717, 1.165) is 29.7 Å². The van der Waals surface area contributed by atoms with Gasteiger partial charge in [0.15, 0.2) is 0 Å². The Morgan fingerprint density at radius 2 is 1.78 bits per heavy atom. The quantitative estimate of drug-likeness (QED) is 0.848. The maximum Gasteiger partial charge on any atom is 0.335 e. The van der Waals surface area contributed by atoms with Crippen molar-refractivity contribution in [2.24, 2.45) is 0 Å². The minimum absolute atomic E-state index is 0.240. The third-order valence-corrected chi connectivity index (χ3v) is 6.87. The van der Waals surface area contributed by atoms with Gasteiger partial charge in [0, 0.05) is 38.9 Å². The fourth-order valence-electron chi connectivity index (χ4n) is 3.29. The molecule has 144 valence electrons. The highest BCUT2D eigenvalue weighted by Gasteiger charge is 2.30. The first-order valence-electron chi connectivity index (χ1n) is 8.76. The summed E-state index contributed by atoms with van der Waals surface area (Å²) in [6.07, 6.45) is 3.27. The third kappa shape index (κ3) is 4.18. The lowest BCUT2D eigenvalue weighted by Crippen LogP contribution is -2.44. The van der Waals surface area contributed by atoms with Crippen molar-refractivity contribution >= 4 is 16.2 Å². The number of piperidine rings is 1. The molecular weight excluding hydrogens is 366 g/mol. The van der Waals surface area contributed by atoms with Gasteiger partial charge in [-0.25, -0.2) is 4.79 Å². The van der Waals surface area contributed by atoms with Crippen molar-refractivity contribution < 1.29 is 18.3 Å². The number of aromatic carboxylic acids is 1. The number of carboxylic acid groups (broad SMARTS) is 1. The molecule has 0 amide bonds. The van der Waals surface area contributed by atoms with Gasteiger partial charge >= 0.3 is 5.97 Å². The number of rotatable bonds is 5. The molecule has 0 radical (unpaired) electrons. The summed E-state index contributed by atoms with van der Waals surface area (Å²) in [5, 5.41) is 9.01. The first-order chi connectivity index (χ1) is 12.8. The van der Waals surface area contributed by atoms with E-state index in [2.05, 4.69) is 4.98 Å². The van der Waals surface area contributed by atoms with Gasteiger partial charge in [-0.15, -0.1) is 0 Å². The van der Waals surface area contributed by atoms with Gasteiger partial charge < -0.3 is 5.11 Å². The van der Waals surface area contributed by atoms with E-state index in [1.165, 1.54) is 8.61 Å². The topological polar surface area (TPSA) is 90.8 Å². The van der Waals surface area contributed by atoms with Crippen molar-refractivity contribution in [1.82, 2.24) is 13.6 Å². The third-order valence-electron chi connectivity index (χ3n) is 4.92. The smallest absolute Gasteiger partial charge is 0.335 e. The van der Waals surface area contributed by atoms with Gasteiger partial charge in [0.2, 0.25) is 0 Å². The Balaban J connectivity index is 1.74. The standard InChI is InChI=1S/C19H23N3O4S/c1-21(2)27(25,26)22-11-8-14(9-12-22)17-7-10-20-18(13-17)15-3-5-16(6-4-15)19(23)24/h3-7,10,13-14H,8-9,11-12H2,1-2H3,(H,23,24). The highest BCUT2D eigenvalue weighted by molar-refractivity contribution is 7.86. The van der Waals surface area contributed by atoms with Crippen LogP contribution in [-0.4, -0.2) is 60.3 Å². The van der Waals surface area contributed by atoms with Crippen LogP contribution in [0.3, 0.4) is 0 Å². The van der Waals surface area contributed by atoms with Crippen molar-refractivity contribution in [2.75, 3.05) is 27.2 Å². The Morgan fingerprint density at radius 1 is 1.15 bits per heavy atom. The molecule has 1 aromatic carbocycles. The van der Waals surface area contributed by atoms with Crippen molar-refractivity contribution in [2.45, 2.75) is 18.8 Å². The molecule has 0 spiro atoms.